The molecule has 1 aliphatic carbocycles. The van der Waals surface area contributed by atoms with Gasteiger partial charge < -0.3 is 10.2 Å². The molecule has 84 valence electrons. The maximum absolute atomic E-state index is 11.0. The summed E-state index contributed by atoms with van der Waals surface area (Å²) in [6.07, 6.45) is 3.03. The van der Waals surface area contributed by atoms with E-state index in [1.807, 2.05) is 0 Å². The zero-order chi connectivity index (χ0) is 11.7. The van der Waals surface area contributed by atoms with E-state index in [4.69, 9.17) is 10.2 Å². The quantitative estimate of drug-likeness (QED) is 0.765. The zero-order valence-corrected chi connectivity index (χ0v) is 8.43. The lowest BCUT2D eigenvalue weighted by Crippen LogP contribution is -2.19. The first-order valence-corrected chi connectivity index (χ1v) is 4.96. The van der Waals surface area contributed by atoms with Gasteiger partial charge in [-0.05, 0) is 25.7 Å². The third-order valence-corrected chi connectivity index (χ3v) is 2.58. The van der Waals surface area contributed by atoms with Gasteiger partial charge in [-0.15, -0.1) is 0 Å². The summed E-state index contributed by atoms with van der Waals surface area (Å²) in [6.45, 7) is 0. The number of aromatic nitrogens is 2. The monoisotopic (exact) mass is 222 g/mol. The van der Waals surface area contributed by atoms with Gasteiger partial charge >= 0.3 is 11.9 Å². The zero-order valence-electron chi connectivity index (χ0n) is 8.43. The van der Waals surface area contributed by atoms with E-state index in [0.29, 0.717) is 24.1 Å². The van der Waals surface area contributed by atoms with Gasteiger partial charge in [-0.2, -0.15) is 0 Å². The first-order chi connectivity index (χ1) is 7.59. The van der Waals surface area contributed by atoms with Crippen molar-refractivity contribution in [1.82, 2.24) is 9.97 Å². The van der Waals surface area contributed by atoms with E-state index < -0.39 is 17.8 Å². The van der Waals surface area contributed by atoms with Gasteiger partial charge in [0.25, 0.3) is 0 Å². The first kappa shape index (κ1) is 10.5. The smallest absolute Gasteiger partial charge is 0.373 e. The lowest BCUT2D eigenvalue weighted by Gasteiger charge is -2.16. The Bertz CT molecular complexity index is 470. The predicted octanol–water partition coefficient (Wildman–Crippen LogP) is 0.752. The topological polar surface area (TPSA) is 100 Å². The molecule has 1 heterocycles. The van der Waals surface area contributed by atoms with E-state index in [1.54, 1.807) is 0 Å². The van der Waals surface area contributed by atoms with E-state index in [-0.39, 0.29) is 5.69 Å². The molecule has 1 aliphatic rings. The Hall–Kier alpha value is -1.98. The Balaban J connectivity index is 2.61. The van der Waals surface area contributed by atoms with Crippen molar-refractivity contribution in [2.45, 2.75) is 25.7 Å². The Morgan fingerprint density at radius 1 is 1.00 bits per heavy atom. The SMILES string of the molecule is O=C(O)c1nc2c(c(C(=O)O)n1)CCCC2. The lowest BCUT2D eigenvalue weighted by molar-refractivity contribution is 0.0677. The molecule has 0 saturated heterocycles. The van der Waals surface area contributed by atoms with Crippen LogP contribution in [-0.4, -0.2) is 32.1 Å². The van der Waals surface area contributed by atoms with Crippen LogP contribution in [0.1, 0.15) is 45.2 Å². The fraction of sp³-hybridized carbons (Fsp3) is 0.400. The minimum Gasteiger partial charge on any atom is -0.476 e. The molecule has 16 heavy (non-hydrogen) atoms. The number of nitrogens with zero attached hydrogens (tertiary/aromatic N) is 2. The van der Waals surface area contributed by atoms with Gasteiger partial charge in [0.15, 0.2) is 5.69 Å². The molecule has 0 fully saturated rings. The lowest BCUT2D eigenvalue weighted by atomic mass is 9.94. The summed E-state index contributed by atoms with van der Waals surface area (Å²) in [7, 11) is 0. The molecule has 0 radical (unpaired) electrons. The highest BCUT2D eigenvalue weighted by Crippen LogP contribution is 2.22. The molecule has 0 bridgehead atoms. The molecule has 0 aliphatic heterocycles. The van der Waals surface area contributed by atoms with Crippen LogP contribution < -0.4 is 0 Å². The highest BCUT2D eigenvalue weighted by Gasteiger charge is 2.23. The molecule has 0 saturated carbocycles. The van der Waals surface area contributed by atoms with Gasteiger partial charge in [0.05, 0.1) is 0 Å². The van der Waals surface area contributed by atoms with Crippen molar-refractivity contribution in [2.24, 2.45) is 0 Å². The van der Waals surface area contributed by atoms with Crippen LogP contribution in [0.2, 0.25) is 0 Å². The Morgan fingerprint density at radius 2 is 1.69 bits per heavy atom. The van der Waals surface area contributed by atoms with Crippen LogP contribution in [0.4, 0.5) is 0 Å². The minimum atomic E-state index is -1.30. The van der Waals surface area contributed by atoms with Crippen LogP contribution in [0, 0.1) is 0 Å². The fourth-order valence-corrected chi connectivity index (χ4v) is 1.87. The molecule has 0 spiro atoms. The number of hydrogen-bond donors (Lipinski definition) is 2. The molecule has 6 nitrogen and oxygen atoms in total. The molecular formula is C10H10N2O4. The second kappa shape index (κ2) is 3.88. The van der Waals surface area contributed by atoms with Crippen LogP contribution >= 0.6 is 0 Å². The van der Waals surface area contributed by atoms with E-state index >= 15 is 0 Å². The number of carboxylic acid groups (broad SMARTS) is 2. The van der Waals surface area contributed by atoms with Crippen molar-refractivity contribution in [3.05, 3.63) is 22.8 Å². The summed E-state index contributed by atoms with van der Waals surface area (Å²) in [5.41, 5.74) is 0.988. The van der Waals surface area contributed by atoms with Crippen LogP contribution in [0.25, 0.3) is 0 Å². The second-order valence-electron chi connectivity index (χ2n) is 3.64. The van der Waals surface area contributed by atoms with Crippen molar-refractivity contribution >= 4 is 11.9 Å². The van der Waals surface area contributed by atoms with Crippen molar-refractivity contribution in [3.8, 4) is 0 Å². The molecule has 1 aromatic rings. The van der Waals surface area contributed by atoms with Crippen LogP contribution in [0.15, 0.2) is 0 Å². The van der Waals surface area contributed by atoms with E-state index in [1.165, 1.54) is 0 Å². The minimum absolute atomic E-state index is 0.165. The van der Waals surface area contributed by atoms with Crippen molar-refractivity contribution in [3.63, 3.8) is 0 Å². The number of aromatic carboxylic acids is 2. The van der Waals surface area contributed by atoms with Crippen molar-refractivity contribution < 1.29 is 19.8 Å². The summed E-state index contributed by atoms with van der Waals surface area (Å²) in [5, 5.41) is 17.7. The van der Waals surface area contributed by atoms with Gasteiger partial charge in [0.2, 0.25) is 5.82 Å². The average Bonchev–Trinajstić information content (AvgIpc) is 2.27. The van der Waals surface area contributed by atoms with Crippen LogP contribution in [0.5, 0.6) is 0 Å². The standard InChI is InChI=1S/C10H10N2O4/c13-9(14)7-5-3-1-2-4-6(5)11-8(12-7)10(15)16/h1-4H2,(H,13,14)(H,15,16). The van der Waals surface area contributed by atoms with E-state index in [9.17, 15) is 9.59 Å². The number of rotatable bonds is 2. The first-order valence-electron chi connectivity index (χ1n) is 4.96. The molecule has 2 rings (SSSR count). The van der Waals surface area contributed by atoms with Crippen molar-refractivity contribution in [2.75, 3.05) is 0 Å². The summed E-state index contributed by atoms with van der Waals surface area (Å²) >= 11 is 0. The van der Waals surface area contributed by atoms with Crippen molar-refractivity contribution in [1.29, 1.82) is 0 Å². The normalized spacial score (nSPS) is 14.2. The molecule has 0 amide bonds. The molecule has 1 aromatic heterocycles. The molecule has 0 aromatic carbocycles. The van der Waals surface area contributed by atoms with Gasteiger partial charge in [0, 0.05) is 11.3 Å². The predicted molar refractivity (Wildman–Crippen MR) is 52.6 cm³/mol. The van der Waals surface area contributed by atoms with Gasteiger partial charge in [0.1, 0.15) is 0 Å². The largest absolute Gasteiger partial charge is 0.476 e. The van der Waals surface area contributed by atoms with Gasteiger partial charge in [-0.3, -0.25) is 0 Å². The maximum Gasteiger partial charge on any atom is 0.373 e. The Kier molecular flexibility index (Phi) is 2.55. The Labute approximate surface area is 91.0 Å². The van der Waals surface area contributed by atoms with Gasteiger partial charge in [-0.25, -0.2) is 19.6 Å². The molecule has 0 unspecified atom stereocenters. The van der Waals surface area contributed by atoms with Crippen LogP contribution in [-0.2, 0) is 12.8 Å². The highest BCUT2D eigenvalue weighted by molar-refractivity contribution is 5.90. The second-order valence-corrected chi connectivity index (χ2v) is 3.64. The number of fused-ring (bicyclic) bond motifs is 1. The summed E-state index contributed by atoms with van der Waals surface area (Å²) in [5.74, 6) is -2.92. The van der Waals surface area contributed by atoms with E-state index in [0.717, 1.165) is 12.8 Å². The molecular weight excluding hydrogens is 212 g/mol. The van der Waals surface area contributed by atoms with Crippen LogP contribution in [0.3, 0.4) is 0 Å². The summed E-state index contributed by atoms with van der Waals surface area (Å²) < 4.78 is 0. The Morgan fingerprint density at radius 3 is 2.31 bits per heavy atom. The molecule has 0 atom stereocenters. The van der Waals surface area contributed by atoms with E-state index in [2.05, 4.69) is 9.97 Å². The number of carboxylic acids is 2. The highest BCUT2D eigenvalue weighted by atomic mass is 16.4. The summed E-state index contributed by atoms with van der Waals surface area (Å²) in [6, 6.07) is 0. The third-order valence-electron chi connectivity index (χ3n) is 2.58. The van der Waals surface area contributed by atoms with Gasteiger partial charge in [-0.1, -0.05) is 0 Å². The third kappa shape index (κ3) is 1.73. The fourth-order valence-electron chi connectivity index (χ4n) is 1.87. The number of aryl methyl sites for hydroxylation is 1. The summed E-state index contributed by atoms with van der Waals surface area (Å²) in [4.78, 5) is 29.2. The molecule has 2 N–H and O–H groups in total. The molecule has 6 heteroatoms. The number of hydrogen-bond acceptors (Lipinski definition) is 4. The maximum atomic E-state index is 11.0. The average molecular weight is 222 g/mol. The number of carbonyl (C=O) groups is 2.